The lowest BCUT2D eigenvalue weighted by atomic mass is 10.0. The third-order valence-electron chi connectivity index (χ3n) is 5.60. The summed E-state index contributed by atoms with van der Waals surface area (Å²) in [5.41, 5.74) is 12.4. The van der Waals surface area contributed by atoms with Gasteiger partial charge in [0.2, 0.25) is 0 Å². The summed E-state index contributed by atoms with van der Waals surface area (Å²) in [4.78, 5) is 3.73. The summed E-state index contributed by atoms with van der Waals surface area (Å²) in [6, 6.07) is 3.33. The van der Waals surface area contributed by atoms with Crippen molar-refractivity contribution in [1.82, 2.24) is 14.8 Å². The summed E-state index contributed by atoms with van der Waals surface area (Å²) < 4.78 is 41.3. The topological polar surface area (TPSA) is 82.8 Å². The molecule has 8 heteroatoms. The van der Waals surface area contributed by atoms with E-state index in [0.717, 1.165) is 24.6 Å². The number of nitrogens with zero attached hydrogens (tertiary/aromatic N) is 3. The van der Waals surface area contributed by atoms with E-state index in [4.69, 9.17) is 11.5 Å². The Balaban J connectivity index is 1.72. The van der Waals surface area contributed by atoms with E-state index in [-0.39, 0.29) is 12.1 Å². The summed E-state index contributed by atoms with van der Waals surface area (Å²) >= 11 is 0. The van der Waals surface area contributed by atoms with Crippen LogP contribution < -0.4 is 11.5 Å². The van der Waals surface area contributed by atoms with Crippen molar-refractivity contribution < 1.29 is 13.2 Å². The van der Waals surface area contributed by atoms with E-state index in [1.807, 2.05) is 24.6 Å². The smallest absolute Gasteiger partial charge is 0.383 e. The second-order valence-electron chi connectivity index (χ2n) is 7.73. The molecule has 2 aliphatic rings. The maximum absolute atomic E-state index is 13.1. The summed E-state index contributed by atoms with van der Waals surface area (Å²) in [5, 5.41) is 4.58. The SMILES string of the molecule is CC(C)n1nc(-c2cnc(N)c(C(F)(F)F)c2)cc1C1[C@H]2CC(N)C[C@@H]12. The zero-order valence-electron chi connectivity index (χ0n) is 14.7. The number of nitrogens with two attached hydrogens (primary N) is 2. The summed E-state index contributed by atoms with van der Waals surface area (Å²) in [6.07, 6.45) is -1.17. The molecule has 0 radical (unpaired) electrons. The molecule has 140 valence electrons. The number of nitrogen functional groups attached to an aromatic ring is 1. The van der Waals surface area contributed by atoms with Crippen LogP contribution in [0.5, 0.6) is 0 Å². The number of halogens is 3. The van der Waals surface area contributed by atoms with E-state index in [9.17, 15) is 13.2 Å². The van der Waals surface area contributed by atoms with Crippen molar-refractivity contribution in [1.29, 1.82) is 0 Å². The fourth-order valence-corrected chi connectivity index (χ4v) is 4.38. The van der Waals surface area contributed by atoms with Gasteiger partial charge in [-0.15, -0.1) is 0 Å². The van der Waals surface area contributed by atoms with Gasteiger partial charge in [0.1, 0.15) is 5.82 Å². The molecule has 2 saturated carbocycles. The molecule has 0 saturated heterocycles. The molecule has 2 aromatic heterocycles. The zero-order chi connectivity index (χ0) is 18.8. The van der Waals surface area contributed by atoms with Crippen molar-refractivity contribution in [3.63, 3.8) is 0 Å². The number of hydrogen-bond acceptors (Lipinski definition) is 4. The second kappa shape index (κ2) is 5.70. The Hall–Kier alpha value is -2.09. The molecule has 0 bridgehead atoms. The van der Waals surface area contributed by atoms with Crippen LogP contribution in [-0.4, -0.2) is 20.8 Å². The molecule has 2 fully saturated rings. The van der Waals surface area contributed by atoms with Crippen molar-refractivity contribution in [2.45, 2.75) is 50.9 Å². The second-order valence-corrected chi connectivity index (χ2v) is 7.73. The Labute approximate surface area is 149 Å². The lowest BCUT2D eigenvalue weighted by Crippen LogP contribution is -2.18. The third-order valence-corrected chi connectivity index (χ3v) is 5.60. The van der Waals surface area contributed by atoms with Gasteiger partial charge in [-0.3, -0.25) is 4.68 Å². The molecular formula is C18H22F3N5. The van der Waals surface area contributed by atoms with Gasteiger partial charge >= 0.3 is 6.18 Å². The summed E-state index contributed by atoms with van der Waals surface area (Å²) in [5.74, 6) is 1.03. The minimum absolute atomic E-state index is 0.123. The number of rotatable bonds is 3. The summed E-state index contributed by atoms with van der Waals surface area (Å²) in [7, 11) is 0. The normalized spacial score (nSPS) is 27.8. The predicted octanol–water partition coefficient (Wildman–Crippen LogP) is 3.58. The fourth-order valence-electron chi connectivity index (χ4n) is 4.38. The molecule has 0 aromatic carbocycles. The van der Waals surface area contributed by atoms with Gasteiger partial charge in [-0.05, 0) is 50.7 Å². The molecule has 2 aliphatic carbocycles. The molecule has 4 rings (SSSR count). The first-order chi connectivity index (χ1) is 12.2. The third kappa shape index (κ3) is 2.76. The maximum Gasteiger partial charge on any atom is 0.419 e. The van der Waals surface area contributed by atoms with Crippen molar-refractivity contribution in [2.24, 2.45) is 17.6 Å². The van der Waals surface area contributed by atoms with Crippen LogP contribution >= 0.6 is 0 Å². The Morgan fingerprint density at radius 2 is 1.85 bits per heavy atom. The van der Waals surface area contributed by atoms with Crippen LogP contribution in [0.15, 0.2) is 18.3 Å². The molecule has 0 spiro atoms. The molecule has 5 nitrogen and oxygen atoms in total. The average Bonchev–Trinajstić information content (AvgIpc) is 2.91. The van der Waals surface area contributed by atoms with Crippen molar-refractivity contribution in [3.8, 4) is 11.3 Å². The van der Waals surface area contributed by atoms with Crippen molar-refractivity contribution in [2.75, 3.05) is 5.73 Å². The van der Waals surface area contributed by atoms with E-state index in [0.29, 0.717) is 29.0 Å². The number of alkyl halides is 3. The summed E-state index contributed by atoms with van der Waals surface area (Å²) in [6.45, 7) is 4.04. The Morgan fingerprint density at radius 3 is 2.42 bits per heavy atom. The van der Waals surface area contributed by atoms with Gasteiger partial charge in [0.25, 0.3) is 0 Å². The highest BCUT2D eigenvalue weighted by Crippen LogP contribution is 2.63. The van der Waals surface area contributed by atoms with E-state index in [1.54, 1.807) is 0 Å². The number of fused-ring (bicyclic) bond motifs is 1. The minimum atomic E-state index is -4.54. The molecule has 0 aliphatic heterocycles. The van der Waals surface area contributed by atoms with Crippen LogP contribution in [0.4, 0.5) is 19.0 Å². The highest BCUT2D eigenvalue weighted by molar-refractivity contribution is 5.63. The van der Waals surface area contributed by atoms with Crippen LogP contribution in [0.3, 0.4) is 0 Å². The van der Waals surface area contributed by atoms with Crippen LogP contribution in [0.1, 0.15) is 49.9 Å². The van der Waals surface area contributed by atoms with Crippen molar-refractivity contribution in [3.05, 3.63) is 29.6 Å². The van der Waals surface area contributed by atoms with E-state index in [2.05, 4.69) is 10.1 Å². The zero-order valence-corrected chi connectivity index (χ0v) is 14.7. The van der Waals surface area contributed by atoms with Gasteiger partial charge in [0.05, 0.1) is 11.3 Å². The monoisotopic (exact) mass is 365 g/mol. The molecule has 0 amide bonds. The molecule has 26 heavy (non-hydrogen) atoms. The molecule has 4 N–H and O–H groups in total. The highest BCUT2D eigenvalue weighted by atomic mass is 19.4. The first-order valence-electron chi connectivity index (χ1n) is 8.85. The highest BCUT2D eigenvalue weighted by Gasteiger charge is 2.57. The average molecular weight is 365 g/mol. The molecule has 2 aromatic rings. The largest absolute Gasteiger partial charge is 0.419 e. The van der Waals surface area contributed by atoms with Gasteiger partial charge in [-0.25, -0.2) is 4.98 Å². The molecule has 2 heterocycles. The van der Waals surface area contributed by atoms with Crippen molar-refractivity contribution >= 4 is 5.82 Å². The van der Waals surface area contributed by atoms with Gasteiger partial charge < -0.3 is 11.5 Å². The van der Waals surface area contributed by atoms with E-state index < -0.39 is 17.6 Å². The van der Waals surface area contributed by atoms with E-state index >= 15 is 0 Å². The molecule has 2 unspecified atom stereocenters. The van der Waals surface area contributed by atoms with Crippen LogP contribution in [0, 0.1) is 11.8 Å². The Morgan fingerprint density at radius 1 is 1.19 bits per heavy atom. The number of aromatic nitrogens is 3. The Bertz CT molecular complexity index is 830. The lowest BCUT2D eigenvalue weighted by molar-refractivity contribution is -0.137. The standard InChI is InChI=1S/C18H22F3N5/c1-8(2)26-15(16-11-4-10(22)5-12(11)16)6-14(25-26)9-3-13(18(19,20)21)17(23)24-7-9/h3,6-8,10-12,16H,4-5,22H2,1-2H3,(H2,23,24)/t10?,11-,12+,16?. The van der Waals surface area contributed by atoms with Crippen LogP contribution in [-0.2, 0) is 6.18 Å². The van der Waals surface area contributed by atoms with Gasteiger partial charge in [-0.1, -0.05) is 0 Å². The minimum Gasteiger partial charge on any atom is -0.383 e. The fraction of sp³-hybridized carbons (Fsp3) is 0.556. The quantitative estimate of drug-likeness (QED) is 0.871. The van der Waals surface area contributed by atoms with Gasteiger partial charge in [0, 0.05) is 35.5 Å². The number of hydrogen-bond donors (Lipinski definition) is 2. The predicted molar refractivity (Wildman–Crippen MR) is 92.2 cm³/mol. The van der Waals surface area contributed by atoms with Gasteiger partial charge in [-0.2, -0.15) is 18.3 Å². The van der Waals surface area contributed by atoms with Crippen LogP contribution in [0.2, 0.25) is 0 Å². The number of pyridine rings is 1. The maximum atomic E-state index is 13.1. The Kier molecular flexibility index (Phi) is 3.80. The first-order valence-corrected chi connectivity index (χ1v) is 8.85. The van der Waals surface area contributed by atoms with Gasteiger partial charge in [0.15, 0.2) is 0 Å². The molecular weight excluding hydrogens is 343 g/mol. The number of anilines is 1. The first kappa shape index (κ1) is 17.3. The lowest BCUT2D eigenvalue weighted by Gasteiger charge is -2.13. The van der Waals surface area contributed by atoms with Crippen LogP contribution in [0.25, 0.3) is 11.3 Å². The molecule has 4 atom stereocenters. The van der Waals surface area contributed by atoms with E-state index in [1.165, 1.54) is 6.20 Å².